The zero-order chi connectivity index (χ0) is 13.9. The molecule has 0 saturated carbocycles. The van der Waals surface area contributed by atoms with Crippen molar-refractivity contribution in [3.63, 3.8) is 0 Å². The maximum atomic E-state index is 11.7. The molecular formula is C14H26N2OS. The van der Waals surface area contributed by atoms with Gasteiger partial charge in [-0.15, -0.1) is 0 Å². The minimum absolute atomic E-state index is 0. The van der Waals surface area contributed by atoms with Crippen LogP contribution in [0, 0.1) is 9.93 Å². The fourth-order valence-electron chi connectivity index (χ4n) is 1.90. The summed E-state index contributed by atoms with van der Waals surface area (Å²) < 4.78 is 0.459. The third kappa shape index (κ3) is 3.55. The highest BCUT2D eigenvalue weighted by Crippen LogP contribution is 2.26. The third-order valence-electron chi connectivity index (χ3n) is 3.15. The molecule has 1 rings (SSSR count). The number of hydrogen-bond acceptors (Lipinski definition) is 4. The van der Waals surface area contributed by atoms with Gasteiger partial charge in [0.25, 0.3) is 0 Å². The minimum Gasteiger partial charge on any atom is -0.382 e. The molecular weight excluding hydrogens is 244 g/mol. The molecule has 0 spiro atoms. The summed E-state index contributed by atoms with van der Waals surface area (Å²) in [5, 5.41) is 3.31. The van der Waals surface area contributed by atoms with Crippen molar-refractivity contribution < 1.29 is 1.43 Å². The second-order valence-corrected chi connectivity index (χ2v) is 6.40. The largest absolute Gasteiger partial charge is 0.382 e. The molecule has 0 aromatic heterocycles. The highest BCUT2D eigenvalue weighted by atomic mass is 32.1. The lowest BCUT2D eigenvalue weighted by atomic mass is 9.90. The van der Waals surface area contributed by atoms with Gasteiger partial charge in [0.05, 0.1) is 5.69 Å². The molecule has 0 saturated heterocycles. The van der Waals surface area contributed by atoms with Crippen LogP contribution < -0.4 is 15.6 Å². The Labute approximate surface area is 116 Å². The number of rotatable bonds is 6. The van der Waals surface area contributed by atoms with Gasteiger partial charge >= 0.3 is 0 Å². The monoisotopic (exact) mass is 270 g/mol. The molecule has 0 aliphatic carbocycles. The fourth-order valence-corrected chi connectivity index (χ4v) is 2.16. The van der Waals surface area contributed by atoms with Crippen LogP contribution in [0.15, 0.2) is 4.79 Å². The van der Waals surface area contributed by atoms with E-state index in [0.29, 0.717) is 9.93 Å². The van der Waals surface area contributed by atoms with E-state index in [1.807, 2.05) is 18.9 Å². The van der Waals surface area contributed by atoms with Crippen LogP contribution >= 0.6 is 12.2 Å². The molecule has 1 aromatic rings. The van der Waals surface area contributed by atoms with Gasteiger partial charge in [-0.1, -0.05) is 33.0 Å². The zero-order valence-corrected chi connectivity index (χ0v) is 12.9. The number of hydrogen-bond donors (Lipinski definition) is 1. The van der Waals surface area contributed by atoms with Gasteiger partial charge in [-0.05, 0) is 25.2 Å². The highest BCUT2D eigenvalue weighted by molar-refractivity contribution is 7.71. The standard InChI is InChI=1S/C14H24N2OS.H2/c1-6-16(5)11-10(13(18)12(11)17)15-9-7-8-14(2,3)4;/h15H,6-9H2,1-5H3;1H. The Balaban J connectivity index is 0.00000324. The SMILES string of the molecule is CCN(C)c1c(NCCCC(C)(C)C)c(=S)c1=O.[HH]. The van der Waals surface area contributed by atoms with Gasteiger partial charge in [0.15, 0.2) is 0 Å². The molecule has 1 N–H and O–H groups in total. The first-order valence-electron chi connectivity index (χ1n) is 6.56. The van der Waals surface area contributed by atoms with Gasteiger partial charge in [-0.2, -0.15) is 0 Å². The van der Waals surface area contributed by atoms with Crippen molar-refractivity contribution in [3.8, 4) is 0 Å². The quantitative estimate of drug-likeness (QED) is 0.632. The molecule has 0 heterocycles. The maximum Gasteiger partial charge on any atom is 0.224 e. The second-order valence-electron chi connectivity index (χ2n) is 5.99. The van der Waals surface area contributed by atoms with Crippen LogP contribution in [0.4, 0.5) is 11.4 Å². The summed E-state index contributed by atoms with van der Waals surface area (Å²) in [6.45, 7) is 10.4. The van der Waals surface area contributed by atoms with Crippen molar-refractivity contribution in [2.24, 2.45) is 5.41 Å². The summed E-state index contributed by atoms with van der Waals surface area (Å²) in [5.74, 6) is 0. The molecule has 0 aliphatic rings. The van der Waals surface area contributed by atoms with Gasteiger partial charge in [-0.3, -0.25) is 4.79 Å². The Morgan fingerprint density at radius 2 is 2.00 bits per heavy atom. The molecule has 104 valence electrons. The van der Waals surface area contributed by atoms with Crippen LogP contribution in [0.5, 0.6) is 0 Å². The van der Waals surface area contributed by atoms with Gasteiger partial charge in [0.2, 0.25) is 5.43 Å². The van der Waals surface area contributed by atoms with Gasteiger partial charge in [0, 0.05) is 21.6 Å². The van der Waals surface area contributed by atoms with E-state index in [0.717, 1.165) is 37.3 Å². The van der Waals surface area contributed by atoms with Crippen molar-refractivity contribution in [1.82, 2.24) is 0 Å². The van der Waals surface area contributed by atoms with Crippen LogP contribution in [0.3, 0.4) is 0 Å². The first-order chi connectivity index (χ1) is 8.28. The Morgan fingerprint density at radius 3 is 2.50 bits per heavy atom. The summed E-state index contributed by atoms with van der Waals surface area (Å²) in [7, 11) is 1.92. The molecule has 4 heteroatoms. The zero-order valence-electron chi connectivity index (χ0n) is 12.1. The average molecular weight is 270 g/mol. The molecule has 0 radical (unpaired) electrons. The van der Waals surface area contributed by atoms with Crippen LogP contribution in [-0.4, -0.2) is 20.1 Å². The summed E-state index contributed by atoms with van der Waals surface area (Å²) in [5.41, 5.74) is 1.98. The minimum atomic E-state index is 0. The maximum absolute atomic E-state index is 11.7. The Hall–Kier alpha value is -0.900. The molecule has 0 aliphatic heterocycles. The third-order valence-corrected chi connectivity index (χ3v) is 3.54. The molecule has 0 fully saturated rings. The van der Waals surface area contributed by atoms with Crippen molar-refractivity contribution in [2.75, 3.05) is 30.4 Å². The number of nitrogens with one attached hydrogen (secondary N) is 1. The summed E-state index contributed by atoms with van der Waals surface area (Å²) >= 11 is 5.10. The average Bonchev–Trinajstić information content (AvgIpc) is 2.29. The van der Waals surface area contributed by atoms with Gasteiger partial charge < -0.3 is 10.2 Å². The van der Waals surface area contributed by atoms with E-state index in [4.69, 9.17) is 12.2 Å². The predicted molar refractivity (Wildman–Crippen MR) is 84.2 cm³/mol. The van der Waals surface area contributed by atoms with E-state index in [1.165, 1.54) is 0 Å². The van der Waals surface area contributed by atoms with Crippen molar-refractivity contribution in [3.05, 3.63) is 14.7 Å². The highest BCUT2D eigenvalue weighted by Gasteiger charge is 2.20. The van der Waals surface area contributed by atoms with E-state index in [1.54, 1.807) is 0 Å². The van der Waals surface area contributed by atoms with Crippen molar-refractivity contribution in [2.45, 2.75) is 40.5 Å². The lowest BCUT2D eigenvalue weighted by Crippen LogP contribution is -2.29. The number of anilines is 2. The Morgan fingerprint density at radius 1 is 1.39 bits per heavy atom. The molecule has 3 nitrogen and oxygen atoms in total. The molecule has 0 unspecified atom stereocenters. The van der Waals surface area contributed by atoms with E-state index in [-0.39, 0.29) is 6.86 Å². The van der Waals surface area contributed by atoms with Crippen LogP contribution in [-0.2, 0) is 0 Å². The number of nitrogens with zero attached hydrogens (tertiary/aromatic N) is 1. The first kappa shape index (κ1) is 15.2. The normalized spacial score (nSPS) is 11.8. The fraction of sp³-hybridized carbons (Fsp3) is 0.714. The van der Waals surface area contributed by atoms with E-state index < -0.39 is 0 Å². The lowest BCUT2D eigenvalue weighted by molar-refractivity contribution is 0.370. The first-order valence-corrected chi connectivity index (χ1v) is 6.97. The van der Waals surface area contributed by atoms with E-state index in [9.17, 15) is 4.79 Å². The van der Waals surface area contributed by atoms with Crippen molar-refractivity contribution >= 4 is 23.6 Å². The second kappa shape index (κ2) is 5.83. The topological polar surface area (TPSA) is 32.3 Å². The van der Waals surface area contributed by atoms with Crippen LogP contribution in [0.25, 0.3) is 0 Å². The van der Waals surface area contributed by atoms with E-state index in [2.05, 4.69) is 26.1 Å². The van der Waals surface area contributed by atoms with Crippen LogP contribution in [0.1, 0.15) is 42.0 Å². The molecule has 1 aromatic carbocycles. The summed E-state index contributed by atoms with van der Waals surface area (Å²) in [4.78, 5) is 13.6. The lowest BCUT2D eigenvalue weighted by Gasteiger charge is -2.24. The van der Waals surface area contributed by atoms with E-state index >= 15 is 0 Å². The Bertz CT molecular complexity index is 472. The molecule has 0 atom stereocenters. The van der Waals surface area contributed by atoms with Gasteiger partial charge in [0.1, 0.15) is 10.2 Å². The predicted octanol–water partition coefficient (Wildman–Crippen LogP) is 3.59. The summed E-state index contributed by atoms with van der Waals surface area (Å²) in [6.07, 6.45) is 2.25. The molecule has 0 amide bonds. The van der Waals surface area contributed by atoms with Gasteiger partial charge in [-0.25, -0.2) is 0 Å². The van der Waals surface area contributed by atoms with Crippen molar-refractivity contribution in [1.29, 1.82) is 0 Å². The smallest absolute Gasteiger partial charge is 0.224 e. The van der Waals surface area contributed by atoms with Crippen LogP contribution in [0.2, 0.25) is 0 Å². The molecule has 18 heavy (non-hydrogen) atoms. The summed E-state index contributed by atoms with van der Waals surface area (Å²) in [6, 6.07) is 0. The molecule has 0 bridgehead atoms. The Kier molecular flexibility index (Phi) is 4.91.